The van der Waals surface area contributed by atoms with Crippen molar-refractivity contribution in [2.24, 2.45) is 0 Å². The first-order valence-corrected chi connectivity index (χ1v) is 12.2. The molecule has 0 radical (unpaired) electrons. The second-order valence-electron chi connectivity index (χ2n) is 7.78. The molecule has 174 valence electrons. The van der Waals surface area contributed by atoms with E-state index in [1.165, 1.54) is 0 Å². The molecule has 0 unspecified atom stereocenters. The number of rotatable bonds is 6. The van der Waals surface area contributed by atoms with E-state index >= 15 is 0 Å². The second-order valence-corrected chi connectivity index (χ2v) is 9.70. The molecule has 34 heavy (non-hydrogen) atoms. The predicted octanol–water partition coefficient (Wildman–Crippen LogP) is 2.82. The van der Waals surface area contributed by atoms with Crippen LogP contribution >= 0.6 is 0 Å². The number of pyridine rings is 2. The van der Waals surface area contributed by atoms with Crippen LogP contribution in [0, 0.1) is 0 Å². The Bertz CT molecular complexity index is 1390. The number of hydrogen-bond acceptors (Lipinski definition) is 8. The highest BCUT2D eigenvalue weighted by Gasteiger charge is 2.26. The fourth-order valence-corrected chi connectivity index (χ4v) is 5.21. The van der Waals surface area contributed by atoms with Gasteiger partial charge in [0, 0.05) is 37.4 Å². The smallest absolute Gasteiger partial charge is 0.287 e. The van der Waals surface area contributed by atoms with E-state index in [0.29, 0.717) is 37.7 Å². The Morgan fingerprint density at radius 2 is 1.85 bits per heavy atom. The number of morpholine rings is 1. The van der Waals surface area contributed by atoms with Gasteiger partial charge in [-0.1, -0.05) is 12.1 Å². The summed E-state index contributed by atoms with van der Waals surface area (Å²) < 4.78 is 37.6. The Morgan fingerprint density at radius 3 is 2.62 bits per heavy atom. The van der Waals surface area contributed by atoms with E-state index in [9.17, 15) is 13.2 Å². The molecule has 5 rings (SSSR count). The predicted molar refractivity (Wildman–Crippen MR) is 124 cm³/mol. The monoisotopic (exact) mass is 478 g/mol. The number of benzene rings is 1. The summed E-state index contributed by atoms with van der Waals surface area (Å²) in [4.78, 5) is 23.0. The topological polar surface area (TPSA) is 115 Å². The lowest BCUT2D eigenvalue weighted by Crippen LogP contribution is -2.37. The molecule has 1 amide bonds. The normalized spacial score (nSPS) is 14.3. The van der Waals surface area contributed by atoms with Crippen molar-refractivity contribution in [2.75, 3.05) is 31.2 Å². The molecule has 1 N–H and O–H groups in total. The van der Waals surface area contributed by atoms with Crippen molar-refractivity contribution in [1.29, 1.82) is 0 Å². The third kappa shape index (κ3) is 4.37. The highest BCUT2D eigenvalue weighted by atomic mass is 32.2. The minimum atomic E-state index is -3.78. The molecule has 1 aliphatic heterocycles. The number of sulfone groups is 1. The summed E-state index contributed by atoms with van der Waals surface area (Å²) in [6.07, 6.45) is 4.77. The molecule has 10 heteroatoms. The van der Waals surface area contributed by atoms with Gasteiger partial charge in [0.25, 0.3) is 5.91 Å². The minimum absolute atomic E-state index is 0.162. The van der Waals surface area contributed by atoms with Gasteiger partial charge in [-0.05, 0) is 42.0 Å². The number of carbonyl (C=O) groups is 1. The van der Waals surface area contributed by atoms with E-state index in [4.69, 9.17) is 9.15 Å². The molecule has 0 spiro atoms. The number of nitrogens with zero attached hydrogens (tertiary/aromatic N) is 3. The first-order chi connectivity index (χ1) is 16.5. The van der Waals surface area contributed by atoms with Crippen molar-refractivity contribution in [2.45, 2.75) is 16.3 Å². The van der Waals surface area contributed by atoms with Crippen LogP contribution in [-0.2, 0) is 21.1 Å². The minimum Gasteiger partial charge on any atom is -0.449 e. The molecule has 1 fully saturated rings. The van der Waals surface area contributed by atoms with Crippen LogP contribution in [0.3, 0.4) is 0 Å². The summed E-state index contributed by atoms with van der Waals surface area (Å²) >= 11 is 0. The standard InChI is InChI=1S/C24H22N4O5S/c29-24(20-14-18-7-9-25-16-21(18)33-20)27-15-17-3-5-19(6-4-17)34(30,31)22-2-1-8-26-23(22)28-10-12-32-13-11-28/h1-9,14,16H,10-13,15H2,(H,27,29). The summed E-state index contributed by atoms with van der Waals surface area (Å²) in [7, 11) is -3.78. The fourth-order valence-electron chi connectivity index (χ4n) is 3.78. The van der Waals surface area contributed by atoms with E-state index in [-0.39, 0.29) is 28.0 Å². The van der Waals surface area contributed by atoms with E-state index in [1.54, 1.807) is 67.1 Å². The Labute approximate surface area is 196 Å². The zero-order valence-electron chi connectivity index (χ0n) is 18.2. The maximum atomic E-state index is 13.4. The average Bonchev–Trinajstić information content (AvgIpc) is 3.33. The molecule has 1 aromatic carbocycles. The summed E-state index contributed by atoms with van der Waals surface area (Å²) in [5, 5.41) is 3.58. The largest absolute Gasteiger partial charge is 0.449 e. The Kier molecular flexibility index (Phi) is 5.99. The number of amides is 1. The maximum absolute atomic E-state index is 13.4. The summed E-state index contributed by atoms with van der Waals surface area (Å²) in [5.74, 6) is 0.260. The van der Waals surface area contributed by atoms with Crippen molar-refractivity contribution in [3.05, 3.63) is 78.4 Å². The number of carbonyl (C=O) groups excluding carboxylic acids is 1. The van der Waals surface area contributed by atoms with Gasteiger partial charge in [0.05, 0.1) is 24.3 Å². The number of ether oxygens (including phenoxy) is 1. The Hall–Kier alpha value is -3.76. The van der Waals surface area contributed by atoms with Gasteiger partial charge in [0.15, 0.2) is 11.3 Å². The maximum Gasteiger partial charge on any atom is 0.287 e. The molecule has 0 aliphatic carbocycles. The van der Waals surface area contributed by atoms with Crippen LogP contribution in [0.1, 0.15) is 16.1 Å². The van der Waals surface area contributed by atoms with Crippen LogP contribution < -0.4 is 10.2 Å². The zero-order chi connectivity index (χ0) is 23.5. The number of fused-ring (bicyclic) bond motifs is 1. The average molecular weight is 479 g/mol. The van der Waals surface area contributed by atoms with Crippen LogP contribution in [0.4, 0.5) is 5.82 Å². The molecular weight excluding hydrogens is 456 g/mol. The van der Waals surface area contributed by atoms with Crippen LogP contribution in [0.15, 0.2) is 81.3 Å². The SMILES string of the molecule is O=C(NCc1ccc(S(=O)(=O)c2cccnc2N2CCOCC2)cc1)c1cc2ccncc2o1. The Morgan fingerprint density at radius 1 is 1.06 bits per heavy atom. The molecule has 0 atom stereocenters. The van der Waals surface area contributed by atoms with Gasteiger partial charge in [0.1, 0.15) is 10.7 Å². The second kappa shape index (κ2) is 9.24. The van der Waals surface area contributed by atoms with Gasteiger partial charge in [-0.25, -0.2) is 13.4 Å². The van der Waals surface area contributed by atoms with Crippen molar-refractivity contribution in [3.63, 3.8) is 0 Å². The molecule has 3 aromatic heterocycles. The van der Waals surface area contributed by atoms with Crippen LogP contribution in [0.2, 0.25) is 0 Å². The highest BCUT2D eigenvalue weighted by Crippen LogP contribution is 2.29. The molecule has 4 aromatic rings. The Balaban J connectivity index is 1.30. The van der Waals surface area contributed by atoms with E-state index in [0.717, 1.165) is 10.9 Å². The molecule has 4 heterocycles. The van der Waals surface area contributed by atoms with E-state index in [1.807, 2.05) is 4.90 Å². The van der Waals surface area contributed by atoms with Crippen molar-refractivity contribution in [1.82, 2.24) is 15.3 Å². The van der Waals surface area contributed by atoms with Gasteiger partial charge in [-0.3, -0.25) is 9.78 Å². The molecular formula is C24H22N4O5S. The van der Waals surface area contributed by atoms with E-state index in [2.05, 4.69) is 15.3 Å². The fraction of sp³-hybridized carbons (Fsp3) is 0.208. The number of anilines is 1. The summed E-state index contributed by atoms with van der Waals surface area (Å²) in [6.45, 7) is 2.45. The number of hydrogen-bond donors (Lipinski definition) is 1. The van der Waals surface area contributed by atoms with Crippen LogP contribution in [0.25, 0.3) is 11.0 Å². The van der Waals surface area contributed by atoms with Crippen molar-refractivity contribution in [3.8, 4) is 0 Å². The molecule has 9 nitrogen and oxygen atoms in total. The molecule has 0 saturated carbocycles. The highest BCUT2D eigenvalue weighted by molar-refractivity contribution is 7.91. The lowest BCUT2D eigenvalue weighted by Gasteiger charge is -2.29. The van der Waals surface area contributed by atoms with Gasteiger partial charge in [-0.15, -0.1) is 0 Å². The zero-order valence-corrected chi connectivity index (χ0v) is 19.0. The van der Waals surface area contributed by atoms with Gasteiger partial charge in [0.2, 0.25) is 9.84 Å². The first-order valence-electron chi connectivity index (χ1n) is 10.8. The lowest BCUT2D eigenvalue weighted by atomic mass is 10.2. The number of aromatic nitrogens is 2. The first kappa shape index (κ1) is 22.1. The van der Waals surface area contributed by atoms with Gasteiger partial charge >= 0.3 is 0 Å². The van der Waals surface area contributed by atoms with Crippen LogP contribution in [0.5, 0.6) is 0 Å². The van der Waals surface area contributed by atoms with E-state index < -0.39 is 9.84 Å². The molecule has 1 aliphatic rings. The van der Waals surface area contributed by atoms with Crippen molar-refractivity contribution < 1.29 is 22.4 Å². The quantitative estimate of drug-likeness (QED) is 0.450. The number of nitrogens with one attached hydrogen (secondary N) is 1. The van der Waals surface area contributed by atoms with Crippen LogP contribution in [-0.4, -0.2) is 50.6 Å². The van der Waals surface area contributed by atoms with Gasteiger partial charge in [-0.2, -0.15) is 0 Å². The third-order valence-electron chi connectivity index (χ3n) is 5.58. The van der Waals surface area contributed by atoms with Crippen molar-refractivity contribution >= 4 is 32.5 Å². The summed E-state index contributed by atoms with van der Waals surface area (Å²) in [6, 6.07) is 13.1. The molecule has 0 bridgehead atoms. The van der Waals surface area contributed by atoms with Gasteiger partial charge < -0.3 is 19.4 Å². The summed E-state index contributed by atoms with van der Waals surface area (Å²) in [5.41, 5.74) is 1.29. The number of furan rings is 1. The lowest BCUT2D eigenvalue weighted by molar-refractivity contribution is 0.0925. The third-order valence-corrected chi connectivity index (χ3v) is 7.37. The molecule has 1 saturated heterocycles.